The zero-order valence-corrected chi connectivity index (χ0v) is 9.75. The topological polar surface area (TPSA) is 92.4 Å². The first-order valence-corrected chi connectivity index (χ1v) is 5.22. The minimum Gasteiger partial charge on any atom is -0.480 e. The van der Waals surface area contributed by atoms with E-state index in [4.69, 9.17) is 10.8 Å². The van der Waals surface area contributed by atoms with E-state index in [9.17, 15) is 9.59 Å². The average Bonchev–Trinajstić information content (AvgIpc) is 2.19. The predicted molar refractivity (Wildman–Crippen MR) is 59.7 cm³/mol. The number of nitrogens with one attached hydrogen (secondary N) is 1. The van der Waals surface area contributed by atoms with Gasteiger partial charge in [0.2, 0.25) is 0 Å². The summed E-state index contributed by atoms with van der Waals surface area (Å²) in [7, 11) is 0. The highest BCUT2D eigenvalue weighted by atomic mass is 16.4. The first kappa shape index (κ1) is 16.5. The summed E-state index contributed by atoms with van der Waals surface area (Å²) in [4.78, 5) is 20.7. The maximum absolute atomic E-state index is 10.5. The van der Waals surface area contributed by atoms with Crippen LogP contribution in [0.2, 0.25) is 0 Å². The van der Waals surface area contributed by atoms with E-state index in [1.54, 1.807) is 0 Å². The van der Waals surface area contributed by atoms with Crippen LogP contribution in [0.3, 0.4) is 0 Å². The molecule has 0 aromatic carbocycles. The number of carbonyl (C=O) groups is 2. The van der Waals surface area contributed by atoms with E-state index in [-0.39, 0.29) is 5.78 Å². The summed E-state index contributed by atoms with van der Waals surface area (Å²) in [5, 5.41) is 11.3. The molecule has 0 amide bonds. The third-order valence-electron chi connectivity index (χ3n) is 1.56. The number of aliphatic carboxylic acids is 1. The van der Waals surface area contributed by atoms with E-state index in [2.05, 4.69) is 5.32 Å². The third kappa shape index (κ3) is 13.1. The van der Waals surface area contributed by atoms with Gasteiger partial charge in [-0.3, -0.25) is 9.59 Å². The molecule has 1 unspecified atom stereocenters. The van der Waals surface area contributed by atoms with Crippen LogP contribution in [-0.4, -0.2) is 36.0 Å². The molecule has 4 N–H and O–H groups in total. The lowest BCUT2D eigenvalue weighted by atomic mass is 10.2. The van der Waals surface area contributed by atoms with Gasteiger partial charge >= 0.3 is 5.97 Å². The number of ketones is 1. The average molecular weight is 218 g/mol. The van der Waals surface area contributed by atoms with Crippen LogP contribution in [0.5, 0.6) is 0 Å². The molecule has 0 aliphatic heterocycles. The van der Waals surface area contributed by atoms with Crippen LogP contribution in [0.1, 0.15) is 33.6 Å². The molecule has 90 valence electrons. The van der Waals surface area contributed by atoms with Crippen LogP contribution in [0.15, 0.2) is 0 Å². The number of carbonyl (C=O) groups excluding carboxylic acids is 1. The highest BCUT2D eigenvalue weighted by molar-refractivity contribution is 5.77. The lowest BCUT2D eigenvalue weighted by molar-refractivity contribution is -0.138. The summed E-state index contributed by atoms with van der Waals surface area (Å²) in [5.74, 6) is -0.908. The zero-order chi connectivity index (χ0) is 12.3. The third-order valence-corrected chi connectivity index (χ3v) is 1.56. The molecule has 0 aromatic heterocycles. The highest BCUT2D eigenvalue weighted by Gasteiger charge is 2.09. The van der Waals surface area contributed by atoms with Crippen molar-refractivity contribution in [1.29, 1.82) is 0 Å². The second-order valence-electron chi connectivity index (χ2n) is 2.97. The summed E-state index contributed by atoms with van der Waals surface area (Å²) < 4.78 is 0. The van der Waals surface area contributed by atoms with Gasteiger partial charge in [0.15, 0.2) is 0 Å². The number of nitrogens with two attached hydrogens (primary N) is 1. The lowest BCUT2D eigenvalue weighted by Crippen LogP contribution is -2.31. The van der Waals surface area contributed by atoms with Gasteiger partial charge in [-0.15, -0.1) is 0 Å². The van der Waals surface area contributed by atoms with Gasteiger partial charge in [-0.2, -0.15) is 0 Å². The van der Waals surface area contributed by atoms with E-state index in [0.29, 0.717) is 25.9 Å². The molecule has 0 rings (SSSR count). The van der Waals surface area contributed by atoms with Crippen LogP contribution in [-0.2, 0) is 9.59 Å². The van der Waals surface area contributed by atoms with E-state index < -0.39 is 12.0 Å². The normalized spacial score (nSPS) is 11.2. The van der Waals surface area contributed by atoms with Crippen molar-refractivity contribution in [3.05, 3.63) is 0 Å². The van der Waals surface area contributed by atoms with Crippen molar-refractivity contribution in [2.45, 2.75) is 39.7 Å². The van der Waals surface area contributed by atoms with Crippen LogP contribution in [0, 0.1) is 0 Å². The van der Waals surface area contributed by atoms with Crippen molar-refractivity contribution in [1.82, 2.24) is 5.32 Å². The van der Waals surface area contributed by atoms with Crippen molar-refractivity contribution >= 4 is 11.8 Å². The molecular formula is C10H22N2O3. The van der Waals surface area contributed by atoms with E-state index in [1.165, 1.54) is 6.92 Å². The molecule has 15 heavy (non-hydrogen) atoms. The Morgan fingerprint density at radius 3 is 2.33 bits per heavy atom. The number of rotatable bonds is 7. The molecule has 5 heteroatoms. The number of carboxylic acids is 1. The van der Waals surface area contributed by atoms with Gasteiger partial charge in [-0.05, 0) is 26.3 Å². The Kier molecular flexibility index (Phi) is 12.2. The van der Waals surface area contributed by atoms with Gasteiger partial charge in [-0.1, -0.05) is 13.8 Å². The molecule has 0 aromatic rings. The molecule has 0 bridgehead atoms. The fourth-order valence-corrected chi connectivity index (χ4v) is 0.835. The van der Waals surface area contributed by atoms with Crippen LogP contribution < -0.4 is 11.1 Å². The summed E-state index contributed by atoms with van der Waals surface area (Å²) in [5.41, 5.74) is 5.26. The predicted octanol–water partition coefficient (Wildman–Crippen LogP) is 0.383. The maximum Gasteiger partial charge on any atom is 0.320 e. The number of hydrogen-bond acceptors (Lipinski definition) is 4. The van der Waals surface area contributed by atoms with Gasteiger partial charge in [0.25, 0.3) is 0 Å². The van der Waals surface area contributed by atoms with Gasteiger partial charge in [-0.25, -0.2) is 0 Å². The number of carboxylic acid groups (broad SMARTS) is 1. The second kappa shape index (κ2) is 11.1. The molecule has 1 atom stereocenters. The Hall–Kier alpha value is -0.940. The molecule has 0 saturated heterocycles. The van der Waals surface area contributed by atoms with Crippen molar-refractivity contribution in [3.8, 4) is 0 Å². The molecule has 0 aliphatic rings. The number of Topliss-reactive ketones (excluding diaryl/α,β-unsaturated/α-hetero) is 1. The SMILES string of the molecule is CC.CC(=O)CNCCCC(N)C(=O)O. The summed E-state index contributed by atoms with van der Waals surface area (Å²) in [6.45, 7) is 6.46. The van der Waals surface area contributed by atoms with Gasteiger partial charge in [0.1, 0.15) is 11.8 Å². The monoisotopic (exact) mass is 218 g/mol. The molecule has 0 aliphatic carbocycles. The van der Waals surface area contributed by atoms with E-state index in [1.807, 2.05) is 13.8 Å². The molecule has 0 heterocycles. The van der Waals surface area contributed by atoms with E-state index in [0.717, 1.165) is 0 Å². The van der Waals surface area contributed by atoms with Crippen LogP contribution in [0.4, 0.5) is 0 Å². The van der Waals surface area contributed by atoms with Gasteiger partial charge < -0.3 is 16.2 Å². The summed E-state index contributed by atoms with van der Waals surface area (Å²) >= 11 is 0. The minimum atomic E-state index is -0.980. The molecule has 0 saturated carbocycles. The first-order chi connectivity index (χ1) is 7.04. The quantitative estimate of drug-likeness (QED) is 0.537. The molecule has 0 spiro atoms. The Bertz CT molecular complexity index is 184. The minimum absolute atomic E-state index is 0.0718. The smallest absolute Gasteiger partial charge is 0.320 e. The fraction of sp³-hybridized carbons (Fsp3) is 0.800. The van der Waals surface area contributed by atoms with E-state index >= 15 is 0 Å². The molecular weight excluding hydrogens is 196 g/mol. The van der Waals surface area contributed by atoms with Crippen LogP contribution >= 0.6 is 0 Å². The molecule has 5 nitrogen and oxygen atoms in total. The Balaban J connectivity index is 0. The highest BCUT2D eigenvalue weighted by Crippen LogP contribution is 1.92. The maximum atomic E-state index is 10.5. The van der Waals surface area contributed by atoms with Crippen molar-refractivity contribution in [2.75, 3.05) is 13.1 Å². The molecule has 0 radical (unpaired) electrons. The Labute approximate surface area is 91.0 Å². The summed E-state index contributed by atoms with van der Waals surface area (Å²) in [6.07, 6.45) is 1.10. The van der Waals surface area contributed by atoms with Crippen molar-refractivity contribution < 1.29 is 14.7 Å². The second-order valence-corrected chi connectivity index (χ2v) is 2.97. The fourth-order valence-electron chi connectivity index (χ4n) is 0.835. The van der Waals surface area contributed by atoms with Gasteiger partial charge in [0.05, 0.1) is 6.54 Å². The summed E-state index contributed by atoms with van der Waals surface area (Å²) in [6, 6.07) is -0.792. The standard InChI is InChI=1S/C8H16N2O3.C2H6/c1-6(11)5-10-4-2-3-7(9)8(12)13;1-2/h7,10H,2-5,9H2,1H3,(H,12,13);1-2H3. The Morgan fingerprint density at radius 1 is 1.40 bits per heavy atom. The van der Waals surface area contributed by atoms with Crippen LogP contribution in [0.25, 0.3) is 0 Å². The number of hydrogen-bond donors (Lipinski definition) is 3. The largest absolute Gasteiger partial charge is 0.480 e. The first-order valence-electron chi connectivity index (χ1n) is 5.22. The Morgan fingerprint density at radius 2 is 1.93 bits per heavy atom. The van der Waals surface area contributed by atoms with Crippen molar-refractivity contribution in [3.63, 3.8) is 0 Å². The lowest BCUT2D eigenvalue weighted by Gasteiger charge is -2.05. The zero-order valence-electron chi connectivity index (χ0n) is 9.75. The van der Waals surface area contributed by atoms with Gasteiger partial charge in [0, 0.05) is 0 Å². The van der Waals surface area contributed by atoms with Crippen molar-refractivity contribution in [2.24, 2.45) is 5.73 Å². The molecule has 0 fully saturated rings.